The summed E-state index contributed by atoms with van der Waals surface area (Å²) in [6.45, 7) is 8.85. The van der Waals surface area contributed by atoms with Crippen molar-refractivity contribution in [3.05, 3.63) is 0 Å². The fourth-order valence-electron chi connectivity index (χ4n) is 9.99. The monoisotopic (exact) mass is 475 g/mol. The standard InChI is InChI=1S/C29H49NO4/c1-18(7-10-26(34)30-13-5-4-6-14-30)21-8-9-22-27-23(17-25(33)29(21,22)3)28(2)12-11-20(31)15-19(28)16-24(27)32/h18-25,27,31-33H,4-17H2,1-3H3/t18-,19+,20-,21-,22+,23+,24-,25+,27+,28+,29-/m1/s1. The molecule has 0 spiro atoms. The first-order valence-electron chi connectivity index (χ1n) is 14.5. The Hall–Kier alpha value is -0.650. The van der Waals surface area contributed by atoms with Crippen molar-refractivity contribution in [1.82, 2.24) is 4.90 Å². The highest BCUT2D eigenvalue weighted by atomic mass is 16.3. The van der Waals surface area contributed by atoms with Crippen molar-refractivity contribution in [3.63, 3.8) is 0 Å². The lowest BCUT2D eigenvalue weighted by atomic mass is 9.43. The first-order valence-corrected chi connectivity index (χ1v) is 14.5. The number of carbonyl (C=O) groups is 1. The predicted octanol–water partition coefficient (Wildman–Crippen LogP) is 4.38. The molecule has 1 heterocycles. The molecule has 0 bridgehead atoms. The third-order valence-electron chi connectivity index (χ3n) is 12.0. The van der Waals surface area contributed by atoms with Gasteiger partial charge in [0.25, 0.3) is 0 Å². The maximum absolute atomic E-state index is 12.8. The molecule has 4 saturated carbocycles. The Balaban J connectivity index is 1.30. The molecule has 5 nitrogen and oxygen atoms in total. The van der Waals surface area contributed by atoms with Gasteiger partial charge in [0.2, 0.25) is 5.91 Å². The molecule has 1 amide bonds. The minimum atomic E-state index is -0.346. The Labute approximate surface area is 206 Å². The summed E-state index contributed by atoms with van der Waals surface area (Å²) < 4.78 is 0. The van der Waals surface area contributed by atoms with E-state index in [9.17, 15) is 20.1 Å². The van der Waals surface area contributed by atoms with Crippen molar-refractivity contribution >= 4 is 5.91 Å². The van der Waals surface area contributed by atoms with Gasteiger partial charge in [0.1, 0.15) is 0 Å². The summed E-state index contributed by atoms with van der Waals surface area (Å²) in [4.78, 5) is 14.9. The predicted molar refractivity (Wildman–Crippen MR) is 133 cm³/mol. The summed E-state index contributed by atoms with van der Waals surface area (Å²) >= 11 is 0. The minimum absolute atomic E-state index is 0.121. The maximum Gasteiger partial charge on any atom is 0.222 e. The molecule has 34 heavy (non-hydrogen) atoms. The van der Waals surface area contributed by atoms with Gasteiger partial charge in [-0.1, -0.05) is 20.8 Å². The number of amides is 1. The van der Waals surface area contributed by atoms with Crippen LogP contribution in [0, 0.1) is 46.3 Å². The molecule has 0 unspecified atom stereocenters. The van der Waals surface area contributed by atoms with Crippen molar-refractivity contribution in [2.24, 2.45) is 46.3 Å². The molecule has 0 radical (unpaired) electrons. The lowest BCUT2D eigenvalue weighted by Gasteiger charge is -2.63. The third kappa shape index (κ3) is 3.96. The van der Waals surface area contributed by atoms with Gasteiger partial charge in [-0.25, -0.2) is 0 Å². The van der Waals surface area contributed by atoms with E-state index in [1.54, 1.807) is 0 Å². The van der Waals surface area contributed by atoms with Crippen LogP contribution in [0.3, 0.4) is 0 Å². The zero-order chi connectivity index (χ0) is 24.3. The normalized spacial score (nSPS) is 49.6. The quantitative estimate of drug-likeness (QED) is 0.564. The number of hydrogen-bond donors (Lipinski definition) is 3. The number of nitrogens with zero attached hydrogens (tertiary/aromatic N) is 1. The second kappa shape index (κ2) is 9.34. The number of aliphatic hydroxyl groups excluding tert-OH is 3. The van der Waals surface area contributed by atoms with E-state index in [4.69, 9.17) is 0 Å². The molecule has 5 fully saturated rings. The number of likely N-dealkylation sites (tertiary alicyclic amines) is 1. The van der Waals surface area contributed by atoms with E-state index in [-0.39, 0.29) is 35.1 Å². The van der Waals surface area contributed by atoms with Crippen molar-refractivity contribution in [3.8, 4) is 0 Å². The molecule has 3 N–H and O–H groups in total. The number of fused-ring (bicyclic) bond motifs is 5. The number of rotatable bonds is 4. The van der Waals surface area contributed by atoms with Crippen LogP contribution in [0.25, 0.3) is 0 Å². The molecular formula is C29H49NO4. The Bertz CT molecular complexity index is 752. The average Bonchev–Trinajstić information content (AvgIpc) is 3.18. The van der Waals surface area contributed by atoms with E-state index in [2.05, 4.69) is 25.7 Å². The summed E-state index contributed by atoms with van der Waals surface area (Å²) in [5, 5.41) is 33.4. The molecule has 5 rings (SSSR count). The second-order valence-corrected chi connectivity index (χ2v) is 13.5. The molecule has 0 aromatic rings. The van der Waals surface area contributed by atoms with E-state index in [1.165, 1.54) is 6.42 Å². The zero-order valence-electron chi connectivity index (χ0n) is 21.8. The molecule has 0 aromatic carbocycles. The van der Waals surface area contributed by atoms with Crippen molar-refractivity contribution in [2.75, 3.05) is 13.1 Å². The third-order valence-corrected chi connectivity index (χ3v) is 12.0. The van der Waals surface area contributed by atoms with Gasteiger partial charge >= 0.3 is 0 Å². The van der Waals surface area contributed by atoms with Crippen LogP contribution in [-0.2, 0) is 4.79 Å². The van der Waals surface area contributed by atoms with Crippen LogP contribution in [0.2, 0.25) is 0 Å². The highest BCUT2D eigenvalue weighted by molar-refractivity contribution is 5.76. The van der Waals surface area contributed by atoms with Gasteiger partial charge in [-0.2, -0.15) is 0 Å². The lowest BCUT2D eigenvalue weighted by molar-refractivity contribution is -0.207. The van der Waals surface area contributed by atoms with E-state index in [0.717, 1.165) is 77.3 Å². The number of carbonyl (C=O) groups excluding carboxylic acids is 1. The topological polar surface area (TPSA) is 81.0 Å². The minimum Gasteiger partial charge on any atom is -0.393 e. The summed E-state index contributed by atoms with van der Waals surface area (Å²) in [5.74, 6) is 2.45. The van der Waals surface area contributed by atoms with E-state index in [1.807, 2.05) is 0 Å². The van der Waals surface area contributed by atoms with Crippen LogP contribution in [0.15, 0.2) is 0 Å². The van der Waals surface area contributed by atoms with Gasteiger partial charge in [-0.3, -0.25) is 4.79 Å². The van der Waals surface area contributed by atoms with Gasteiger partial charge in [0, 0.05) is 19.5 Å². The van der Waals surface area contributed by atoms with Gasteiger partial charge in [0.15, 0.2) is 0 Å². The van der Waals surface area contributed by atoms with E-state index < -0.39 is 0 Å². The zero-order valence-corrected chi connectivity index (χ0v) is 21.8. The molecule has 5 aliphatic rings. The van der Waals surface area contributed by atoms with Gasteiger partial charge in [-0.15, -0.1) is 0 Å². The molecule has 5 heteroatoms. The Morgan fingerprint density at radius 2 is 1.71 bits per heavy atom. The molecule has 194 valence electrons. The molecule has 1 aliphatic heterocycles. The fourth-order valence-corrected chi connectivity index (χ4v) is 9.99. The van der Waals surface area contributed by atoms with Crippen LogP contribution in [-0.4, -0.2) is 57.5 Å². The SMILES string of the molecule is C[C@H](CCC(=O)N1CCCCC1)[C@H]1CC[C@H]2[C@@H]3[C@H](O)C[C@@H]4C[C@H](O)CC[C@]4(C)[C@H]3C[C@H](O)[C@]12C. The largest absolute Gasteiger partial charge is 0.393 e. The summed E-state index contributed by atoms with van der Waals surface area (Å²) in [6, 6.07) is 0. The Morgan fingerprint density at radius 3 is 2.44 bits per heavy atom. The van der Waals surface area contributed by atoms with Crippen LogP contribution in [0.4, 0.5) is 0 Å². The molecule has 4 aliphatic carbocycles. The van der Waals surface area contributed by atoms with Crippen molar-refractivity contribution in [1.29, 1.82) is 0 Å². The summed E-state index contributed by atoms with van der Waals surface area (Å²) in [7, 11) is 0. The number of piperidine rings is 1. The lowest BCUT2D eigenvalue weighted by Crippen LogP contribution is -2.62. The fraction of sp³-hybridized carbons (Fsp3) is 0.966. The highest BCUT2D eigenvalue weighted by Crippen LogP contribution is 2.68. The van der Waals surface area contributed by atoms with E-state index >= 15 is 0 Å². The van der Waals surface area contributed by atoms with Crippen molar-refractivity contribution in [2.45, 2.75) is 116 Å². The van der Waals surface area contributed by atoms with Crippen molar-refractivity contribution < 1.29 is 20.1 Å². The number of aliphatic hydroxyl groups is 3. The number of hydrogen-bond acceptors (Lipinski definition) is 4. The Kier molecular flexibility index (Phi) is 6.87. The smallest absolute Gasteiger partial charge is 0.222 e. The van der Waals surface area contributed by atoms with Gasteiger partial charge in [0.05, 0.1) is 18.3 Å². The molecular weight excluding hydrogens is 426 g/mol. The molecule has 1 saturated heterocycles. The van der Waals surface area contributed by atoms with Gasteiger partial charge < -0.3 is 20.2 Å². The summed E-state index contributed by atoms with van der Waals surface area (Å²) in [6.07, 6.45) is 10.6. The maximum atomic E-state index is 12.8. The van der Waals surface area contributed by atoms with Crippen LogP contribution in [0.5, 0.6) is 0 Å². The molecule has 11 atom stereocenters. The van der Waals surface area contributed by atoms with Crippen LogP contribution < -0.4 is 0 Å². The highest BCUT2D eigenvalue weighted by Gasteiger charge is 2.65. The van der Waals surface area contributed by atoms with Crippen LogP contribution >= 0.6 is 0 Å². The first kappa shape index (κ1) is 25.0. The van der Waals surface area contributed by atoms with Crippen LogP contribution in [0.1, 0.15) is 97.8 Å². The average molecular weight is 476 g/mol. The summed E-state index contributed by atoms with van der Waals surface area (Å²) in [5.41, 5.74) is -0.0525. The first-order chi connectivity index (χ1) is 16.2. The van der Waals surface area contributed by atoms with E-state index in [0.29, 0.717) is 41.9 Å². The van der Waals surface area contributed by atoms with Gasteiger partial charge in [-0.05, 0) is 117 Å². The Morgan fingerprint density at radius 1 is 0.971 bits per heavy atom. The molecule has 0 aromatic heterocycles. The second-order valence-electron chi connectivity index (χ2n) is 13.5.